The van der Waals surface area contributed by atoms with Gasteiger partial charge < -0.3 is 5.32 Å². The minimum atomic E-state index is -0.264. The highest BCUT2D eigenvalue weighted by Gasteiger charge is 2.12. The monoisotopic (exact) mass is 399 g/mol. The summed E-state index contributed by atoms with van der Waals surface area (Å²) in [4.78, 5) is 12.8. The van der Waals surface area contributed by atoms with Crippen LogP contribution in [0.2, 0.25) is 0 Å². The summed E-state index contributed by atoms with van der Waals surface area (Å²) in [5.74, 6) is -0.400. The molecule has 0 radical (unpaired) electrons. The molecule has 1 aromatic heterocycles. The number of aromatic nitrogens is 2. The van der Waals surface area contributed by atoms with Crippen LogP contribution in [-0.4, -0.2) is 22.2 Å². The second-order valence-electron chi connectivity index (χ2n) is 7.08. The summed E-state index contributed by atoms with van der Waals surface area (Å²) >= 11 is 0. The van der Waals surface area contributed by atoms with E-state index in [0.29, 0.717) is 25.1 Å². The number of nitrogens with zero attached hydrogens (tertiary/aromatic N) is 2. The van der Waals surface area contributed by atoms with E-state index in [1.807, 2.05) is 59.4 Å². The topological polar surface area (TPSA) is 46.9 Å². The largest absolute Gasteiger partial charge is 0.352 e. The van der Waals surface area contributed by atoms with Crippen molar-refractivity contribution in [3.8, 4) is 11.1 Å². The van der Waals surface area contributed by atoms with E-state index < -0.39 is 0 Å². The molecule has 3 aromatic carbocycles. The molecule has 4 aromatic rings. The van der Waals surface area contributed by atoms with Crippen LogP contribution >= 0.6 is 0 Å². The fourth-order valence-electron chi connectivity index (χ4n) is 3.41. The van der Waals surface area contributed by atoms with E-state index in [1.54, 1.807) is 12.3 Å². The third-order valence-corrected chi connectivity index (χ3v) is 4.93. The van der Waals surface area contributed by atoms with E-state index in [4.69, 9.17) is 0 Å². The Labute approximate surface area is 175 Å². The molecular formula is C25H22FN3O. The third kappa shape index (κ3) is 4.81. The summed E-state index contributed by atoms with van der Waals surface area (Å²) in [5.41, 5.74) is 4.48. The van der Waals surface area contributed by atoms with Gasteiger partial charge in [0.05, 0.1) is 6.54 Å². The van der Waals surface area contributed by atoms with Gasteiger partial charge in [0.25, 0.3) is 5.91 Å². The zero-order valence-electron chi connectivity index (χ0n) is 16.5. The van der Waals surface area contributed by atoms with Gasteiger partial charge in [-0.2, -0.15) is 5.10 Å². The lowest BCUT2D eigenvalue weighted by atomic mass is 9.98. The van der Waals surface area contributed by atoms with Crippen molar-refractivity contribution >= 4 is 5.91 Å². The molecule has 0 saturated heterocycles. The Kier molecular flexibility index (Phi) is 5.99. The Morgan fingerprint density at radius 2 is 1.77 bits per heavy atom. The molecule has 1 N–H and O–H groups in total. The maximum atomic E-state index is 13.3. The molecule has 0 aliphatic carbocycles. The highest BCUT2D eigenvalue weighted by molar-refractivity contribution is 6.00. The molecule has 0 spiro atoms. The first-order valence-electron chi connectivity index (χ1n) is 9.87. The van der Waals surface area contributed by atoms with Crippen molar-refractivity contribution in [2.75, 3.05) is 6.54 Å². The van der Waals surface area contributed by atoms with Gasteiger partial charge in [-0.05, 0) is 52.9 Å². The molecule has 4 nitrogen and oxygen atoms in total. The van der Waals surface area contributed by atoms with Crippen LogP contribution in [0.25, 0.3) is 11.1 Å². The zero-order valence-corrected chi connectivity index (χ0v) is 16.5. The molecule has 5 heteroatoms. The number of benzene rings is 3. The lowest BCUT2D eigenvalue weighted by Gasteiger charge is -2.11. The first-order chi connectivity index (χ1) is 14.7. The van der Waals surface area contributed by atoms with E-state index in [0.717, 1.165) is 22.3 Å². The van der Waals surface area contributed by atoms with Crippen molar-refractivity contribution in [1.29, 1.82) is 0 Å². The molecule has 30 heavy (non-hydrogen) atoms. The van der Waals surface area contributed by atoms with Crippen molar-refractivity contribution in [3.05, 3.63) is 114 Å². The van der Waals surface area contributed by atoms with Gasteiger partial charge in [-0.1, -0.05) is 54.6 Å². The summed E-state index contributed by atoms with van der Waals surface area (Å²) in [5, 5.41) is 7.17. The van der Waals surface area contributed by atoms with Crippen molar-refractivity contribution in [1.82, 2.24) is 15.1 Å². The fraction of sp³-hybridized carbons (Fsp3) is 0.120. The minimum absolute atomic E-state index is 0.136. The highest BCUT2D eigenvalue weighted by atomic mass is 19.1. The summed E-state index contributed by atoms with van der Waals surface area (Å²) in [6.07, 6.45) is 4.27. The molecule has 0 saturated carbocycles. The number of hydrogen-bond acceptors (Lipinski definition) is 2. The number of rotatable bonds is 7. The average Bonchev–Trinajstić information content (AvgIpc) is 3.27. The molecule has 150 valence electrons. The molecule has 1 amide bonds. The molecule has 1 heterocycles. The maximum absolute atomic E-state index is 13.3. The van der Waals surface area contributed by atoms with Gasteiger partial charge in [0, 0.05) is 24.5 Å². The Morgan fingerprint density at radius 1 is 0.933 bits per heavy atom. The van der Waals surface area contributed by atoms with Crippen molar-refractivity contribution in [2.24, 2.45) is 0 Å². The van der Waals surface area contributed by atoms with Crippen molar-refractivity contribution < 1.29 is 9.18 Å². The Bertz CT molecular complexity index is 1120. The number of carbonyl (C=O) groups excluding carboxylic acids is 1. The van der Waals surface area contributed by atoms with Gasteiger partial charge in [-0.25, -0.2) is 4.39 Å². The normalized spacial score (nSPS) is 10.7. The van der Waals surface area contributed by atoms with Crippen LogP contribution in [-0.2, 0) is 13.0 Å². The quantitative estimate of drug-likeness (QED) is 0.489. The molecule has 0 aliphatic rings. The number of nitrogens with one attached hydrogen (secondary N) is 1. The smallest absolute Gasteiger partial charge is 0.251 e. The zero-order chi connectivity index (χ0) is 20.8. The van der Waals surface area contributed by atoms with Gasteiger partial charge in [0.2, 0.25) is 0 Å². The number of halogens is 1. The van der Waals surface area contributed by atoms with Crippen LogP contribution in [0.1, 0.15) is 21.5 Å². The maximum Gasteiger partial charge on any atom is 0.251 e. The second kappa shape index (κ2) is 9.18. The molecule has 0 aliphatic heterocycles. The minimum Gasteiger partial charge on any atom is -0.352 e. The predicted molar refractivity (Wildman–Crippen MR) is 116 cm³/mol. The molecule has 4 rings (SSSR count). The Balaban J connectivity index is 1.44. The van der Waals surface area contributed by atoms with E-state index in [9.17, 15) is 9.18 Å². The molecule has 0 bridgehead atoms. The van der Waals surface area contributed by atoms with Crippen LogP contribution in [0.15, 0.2) is 91.3 Å². The summed E-state index contributed by atoms with van der Waals surface area (Å²) < 4.78 is 15.2. The van der Waals surface area contributed by atoms with Gasteiger partial charge in [-0.15, -0.1) is 0 Å². The van der Waals surface area contributed by atoms with Gasteiger partial charge >= 0.3 is 0 Å². The third-order valence-electron chi connectivity index (χ3n) is 4.93. The van der Waals surface area contributed by atoms with E-state index in [-0.39, 0.29) is 11.7 Å². The van der Waals surface area contributed by atoms with E-state index in [2.05, 4.69) is 22.5 Å². The van der Waals surface area contributed by atoms with Crippen LogP contribution in [0.4, 0.5) is 4.39 Å². The van der Waals surface area contributed by atoms with Crippen LogP contribution < -0.4 is 5.32 Å². The Hall–Kier alpha value is -3.73. The number of amides is 1. The summed E-state index contributed by atoms with van der Waals surface area (Å²) in [6, 6.07) is 24.1. The van der Waals surface area contributed by atoms with Crippen LogP contribution in [0, 0.1) is 5.82 Å². The van der Waals surface area contributed by atoms with Gasteiger partial charge in [0.15, 0.2) is 0 Å². The summed E-state index contributed by atoms with van der Waals surface area (Å²) in [6.45, 7) is 1.15. The van der Waals surface area contributed by atoms with Crippen LogP contribution in [0.5, 0.6) is 0 Å². The van der Waals surface area contributed by atoms with Crippen molar-refractivity contribution in [3.63, 3.8) is 0 Å². The lowest BCUT2D eigenvalue weighted by molar-refractivity contribution is 0.0955. The molecule has 0 fully saturated rings. The number of carbonyl (C=O) groups is 1. The first kappa shape index (κ1) is 19.6. The second-order valence-corrected chi connectivity index (χ2v) is 7.08. The molecule has 0 unspecified atom stereocenters. The standard InChI is InChI=1S/C25H22FN3O/c26-22-6-3-5-19(17-22)13-15-27-25(30)24-8-2-1-7-23(24)21-11-9-20(10-12-21)18-29-16-4-14-28-29/h1-12,14,16-17H,13,15,18H2,(H,27,30). The van der Waals surface area contributed by atoms with Crippen LogP contribution in [0.3, 0.4) is 0 Å². The lowest BCUT2D eigenvalue weighted by Crippen LogP contribution is -2.26. The van der Waals surface area contributed by atoms with E-state index in [1.165, 1.54) is 12.1 Å². The summed E-state index contributed by atoms with van der Waals surface area (Å²) in [7, 11) is 0. The average molecular weight is 399 g/mol. The van der Waals surface area contributed by atoms with Crippen molar-refractivity contribution in [2.45, 2.75) is 13.0 Å². The highest BCUT2D eigenvalue weighted by Crippen LogP contribution is 2.24. The SMILES string of the molecule is O=C(NCCc1cccc(F)c1)c1ccccc1-c1ccc(Cn2cccn2)cc1. The van der Waals surface area contributed by atoms with E-state index >= 15 is 0 Å². The predicted octanol–water partition coefficient (Wildman–Crippen LogP) is 4.71. The van der Waals surface area contributed by atoms with Gasteiger partial charge in [0.1, 0.15) is 5.82 Å². The first-order valence-corrected chi connectivity index (χ1v) is 9.87. The number of hydrogen-bond donors (Lipinski definition) is 1. The Morgan fingerprint density at radius 3 is 2.53 bits per heavy atom. The fourth-order valence-corrected chi connectivity index (χ4v) is 3.41. The molecule has 0 atom stereocenters. The van der Waals surface area contributed by atoms with Gasteiger partial charge in [-0.3, -0.25) is 9.48 Å². The molecular weight excluding hydrogens is 377 g/mol.